The molecular weight excluding hydrogens is 687 g/mol. The molecule has 14 heteroatoms. The van der Waals surface area contributed by atoms with Crippen molar-refractivity contribution < 1.29 is 37.4 Å². The number of aromatic nitrogens is 1. The molecule has 1 aliphatic heterocycles. The van der Waals surface area contributed by atoms with E-state index in [1.165, 1.54) is 43.9 Å². The fraction of sp³-hybridized carbons (Fsp3) is 0.368. The van der Waals surface area contributed by atoms with Gasteiger partial charge in [-0.2, -0.15) is 0 Å². The second-order valence-electron chi connectivity index (χ2n) is 13.3. The molecule has 0 radical (unpaired) electrons. The number of nitrogen functional groups attached to an aromatic ring is 1. The third-order valence-corrected chi connectivity index (χ3v) is 11.1. The highest BCUT2D eigenvalue weighted by molar-refractivity contribution is 7.92. The van der Waals surface area contributed by atoms with Crippen LogP contribution in [0, 0.1) is 5.92 Å². The monoisotopic (exact) mass is 731 g/mol. The number of nitrogens with zero attached hydrogens (tertiary/aromatic N) is 2. The molecule has 1 aromatic heterocycles. The number of carbonyl (C=O) groups is 3. The number of hydrogen-bond donors (Lipinski definition) is 4. The number of likely N-dealkylation sites (tertiary alicyclic amines) is 1. The van der Waals surface area contributed by atoms with E-state index in [4.69, 9.17) is 15.2 Å². The number of carboxylic acid groups (broad SMARTS) is 1. The number of benzene rings is 3. The van der Waals surface area contributed by atoms with Crippen LogP contribution in [-0.2, 0) is 24.2 Å². The van der Waals surface area contributed by atoms with Crippen molar-refractivity contribution in [2.45, 2.75) is 76.3 Å². The minimum Gasteiger partial charge on any atom is -0.490 e. The molecule has 1 saturated heterocycles. The first-order chi connectivity index (χ1) is 24.6. The number of sulfone groups is 1. The van der Waals surface area contributed by atoms with E-state index in [9.17, 15) is 23.1 Å². The molecule has 3 aromatic carbocycles. The molecule has 4 aromatic rings. The molecule has 13 nitrogen and oxygen atoms in total. The number of fused-ring (bicyclic) bond motifs is 1. The number of amides is 2. The van der Waals surface area contributed by atoms with Crippen molar-refractivity contribution in [1.29, 1.82) is 0 Å². The van der Waals surface area contributed by atoms with Gasteiger partial charge in [0.25, 0.3) is 0 Å². The van der Waals surface area contributed by atoms with Crippen LogP contribution in [0.2, 0.25) is 0 Å². The zero-order valence-electron chi connectivity index (χ0n) is 30.0. The topological polar surface area (TPSA) is 190 Å². The molecule has 0 bridgehead atoms. The van der Waals surface area contributed by atoms with Gasteiger partial charge < -0.3 is 35.8 Å². The van der Waals surface area contributed by atoms with Gasteiger partial charge in [-0.15, -0.1) is 0 Å². The zero-order chi connectivity index (χ0) is 37.9. The Kier molecular flexibility index (Phi) is 11.3. The van der Waals surface area contributed by atoms with Crippen molar-refractivity contribution in [3.63, 3.8) is 0 Å². The lowest BCUT2D eigenvalue weighted by atomic mass is 9.92. The van der Waals surface area contributed by atoms with Crippen molar-refractivity contribution in [1.82, 2.24) is 9.88 Å². The molecular formula is C38H45N5O8S. The number of hydrogen-bond acceptors (Lipinski definition) is 10. The number of nitrogens with two attached hydrogens (primary N) is 1. The summed E-state index contributed by atoms with van der Waals surface area (Å²) in [6, 6.07) is 14.4. The van der Waals surface area contributed by atoms with E-state index in [2.05, 4.69) is 15.6 Å². The van der Waals surface area contributed by atoms with Gasteiger partial charge in [0.15, 0.2) is 21.3 Å². The smallest absolute Gasteiger partial charge is 0.309 e. The summed E-state index contributed by atoms with van der Waals surface area (Å²) in [7, 11) is -3.97. The maximum Gasteiger partial charge on any atom is 0.309 e. The summed E-state index contributed by atoms with van der Waals surface area (Å²) in [5.41, 5.74) is 7.55. The molecule has 1 unspecified atom stereocenters. The zero-order valence-corrected chi connectivity index (χ0v) is 30.9. The van der Waals surface area contributed by atoms with E-state index in [0.717, 1.165) is 10.8 Å². The Labute approximate surface area is 303 Å². The van der Waals surface area contributed by atoms with E-state index in [1.807, 2.05) is 26.8 Å². The summed E-state index contributed by atoms with van der Waals surface area (Å²) in [6.45, 7) is 10.3. The Morgan fingerprint density at radius 3 is 2.38 bits per heavy atom. The average Bonchev–Trinajstić information content (AvgIpc) is 3.53. The van der Waals surface area contributed by atoms with Crippen LogP contribution in [0.25, 0.3) is 10.8 Å². The standard InChI is InChI=1S/C38H45N5O8S/c1-7-50-32-19-25(8-12-31(32)51-21(2)3)34(42-26-9-11-28-24(18-26)14-16-40-36(28)39)37(45)43-17-15-29(38(46)47)35(43)30-20-27(41-23(6)44)10-13-33(30)52(48,49)22(4)5/h8-14,16,18-22,29,34-35,42H,7,15,17H2,1-6H3,(H2,39,40)(H,41,44)(H,46,47)/t29-,34?,35+/m0/s1. The molecule has 0 saturated carbocycles. The van der Waals surface area contributed by atoms with Gasteiger partial charge in [0, 0.05) is 36.4 Å². The summed E-state index contributed by atoms with van der Waals surface area (Å²) >= 11 is 0. The van der Waals surface area contributed by atoms with Gasteiger partial charge in [-0.1, -0.05) is 6.07 Å². The highest BCUT2D eigenvalue weighted by Crippen LogP contribution is 2.44. The lowest BCUT2D eigenvalue weighted by Gasteiger charge is -2.33. The highest BCUT2D eigenvalue weighted by Gasteiger charge is 2.46. The fourth-order valence-electron chi connectivity index (χ4n) is 6.49. The molecule has 276 valence electrons. The largest absolute Gasteiger partial charge is 0.490 e. The minimum absolute atomic E-state index is 0.0248. The Bertz CT molecular complexity index is 2100. The molecule has 0 spiro atoms. The number of pyridine rings is 1. The SMILES string of the molecule is CCOc1cc(C(Nc2ccc3c(N)nccc3c2)C(=O)N2CC[C@H](C(=O)O)[C@@H]2c2cc(NC(C)=O)ccc2S(=O)(=O)C(C)C)ccc1OC(C)C. The number of carboxylic acids is 1. The Morgan fingerprint density at radius 1 is 1.00 bits per heavy atom. The third-order valence-electron chi connectivity index (χ3n) is 8.89. The fourth-order valence-corrected chi connectivity index (χ4v) is 7.77. The molecule has 0 aliphatic carbocycles. The molecule has 1 fully saturated rings. The summed E-state index contributed by atoms with van der Waals surface area (Å²) in [5.74, 6) is -1.96. The van der Waals surface area contributed by atoms with E-state index in [1.54, 1.807) is 42.6 Å². The van der Waals surface area contributed by atoms with Crippen LogP contribution in [0.4, 0.5) is 17.2 Å². The lowest BCUT2D eigenvalue weighted by molar-refractivity contribution is -0.143. The van der Waals surface area contributed by atoms with Gasteiger partial charge in [-0.25, -0.2) is 13.4 Å². The maximum absolute atomic E-state index is 15.1. The molecule has 3 atom stereocenters. The van der Waals surface area contributed by atoms with E-state index in [-0.39, 0.29) is 35.2 Å². The van der Waals surface area contributed by atoms with E-state index >= 15 is 4.79 Å². The summed E-state index contributed by atoms with van der Waals surface area (Å²) < 4.78 is 39.4. The Hall–Kier alpha value is -5.37. The van der Waals surface area contributed by atoms with Gasteiger partial charge in [-0.05, 0) is 112 Å². The van der Waals surface area contributed by atoms with Gasteiger partial charge in [0.05, 0.1) is 34.8 Å². The maximum atomic E-state index is 15.1. The van der Waals surface area contributed by atoms with Gasteiger partial charge in [0.1, 0.15) is 11.9 Å². The molecule has 5 N–H and O–H groups in total. The lowest BCUT2D eigenvalue weighted by Crippen LogP contribution is -2.40. The predicted molar refractivity (Wildman–Crippen MR) is 199 cm³/mol. The number of ether oxygens (including phenoxy) is 2. The molecule has 1 aliphatic rings. The van der Waals surface area contributed by atoms with Crippen molar-refractivity contribution >= 4 is 55.6 Å². The molecule has 2 amide bonds. The van der Waals surface area contributed by atoms with E-state index in [0.29, 0.717) is 35.2 Å². The number of nitrogens with one attached hydrogen (secondary N) is 2. The second-order valence-corrected chi connectivity index (χ2v) is 15.7. The first-order valence-electron chi connectivity index (χ1n) is 17.1. The molecule has 52 heavy (non-hydrogen) atoms. The average molecular weight is 732 g/mol. The van der Waals surface area contributed by atoms with Crippen LogP contribution in [0.15, 0.2) is 71.8 Å². The first-order valence-corrected chi connectivity index (χ1v) is 18.7. The molecule has 5 rings (SSSR count). The minimum atomic E-state index is -3.97. The van der Waals surface area contributed by atoms with Crippen LogP contribution in [-0.4, -0.2) is 65.7 Å². The van der Waals surface area contributed by atoms with Crippen molar-refractivity contribution in [3.8, 4) is 11.5 Å². The third kappa shape index (κ3) is 7.91. The van der Waals surface area contributed by atoms with Crippen LogP contribution >= 0.6 is 0 Å². The number of aliphatic carboxylic acids is 1. The van der Waals surface area contributed by atoms with Gasteiger partial charge >= 0.3 is 5.97 Å². The summed E-state index contributed by atoms with van der Waals surface area (Å²) in [4.78, 5) is 45.4. The first kappa shape index (κ1) is 37.9. The van der Waals surface area contributed by atoms with Crippen LogP contribution in [0.1, 0.15) is 71.2 Å². The van der Waals surface area contributed by atoms with Gasteiger partial charge in [-0.3, -0.25) is 14.4 Å². The predicted octanol–water partition coefficient (Wildman–Crippen LogP) is 5.97. The van der Waals surface area contributed by atoms with Crippen LogP contribution < -0.4 is 25.8 Å². The van der Waals surface area contributed by atoms with Crippen molar-refractivity contribution in [3.05, 3.63) is 78.0 Å². The van der Waals surface area contributed by atoms with Crippen molar-refractivity contribution in [2.24, 2.45) is 5.92 Å². The highest BCUT2D eigenvalue weighted by atomic mass is 32.2. The Morgan fingerprint density at radius 2 is 1.73 bits per heavy atom. The number of anilines is 3. The van der Waals surface area contributed by atoms with Gasteiger partial charge in [0.2, 0.25) is 11.8 Å². The van der Waals surface area contributed by atoms with E-state index < -0.39 is 50.9 Å². The molecule has 2 heterocycles. The second kappa shape index (κ2) is 15.5. The van der Waals surface area contributed by atoms with Crippen LogP contribution in [0.5, 0.6) is 11.5 Å². The normalized spacial score (nSPS) is 16.6. The van der Waals surface area contributed by atoms with Crippen molar-refractivity contribution in [2.75, 3.05) is 29.5 Å². The quantitative estimate of drug-likeness (QED) is 0.127. The summed E-state index contributed by atoms with van der Waals surface area (Å²) in [5, 5.41) is 17.1. The number of rotatable bonds is 13. The summed E-state index contributed by atoms with van der Waals surface area (Å²) in [6.07, 6.45) is 1.51. The Balaban J connectivity index is 1.68. The van der Waals surface area contributed by atoms with Crippen LogP contribution in [0.3, 0.4) is 0 Å². The number of carbonyl (C=O) groups excluding carboxylic acids is 2.